The molecule has 2 aliphatic rings. The summed E-state index contributed by atoms with van der Waals surface area (Å²) in [5.41, 5.74) is -0.520. The molecule has 2 heterocycles. The van der Waals surface area contributed by atoms with E-state index in [9.17, 15) is 14.4 Å². The molecule has 3 rings (SSSR count). The first-order valence-corrected chi connectivity index (χ1v) is 11.2. The van der Waals surface area contributed by atoms with E-state index in [1.165, 1.54) is 31.7 Å². The van der Waals surface area contributed by atoms with Crippen molar-refractivity contribution >= 4 is 23.7 Å². The van der Waals surface area contributed by atoms with Crippen LogP contribution in [0.2, 0.25) is 0 Å². The zero-order chi connectivity index (χ0) is 22.4. The number of rotatable bonds is 4. The molecule has 0 spiro atoms. The first kappa shape index (κ1) is 23.0. The Morgan fingerprint density at radius 1 is 0.903 bits per heavy atom. The number of nitrogens with one attached hydrogen (secondary N) is 3. The molecule has 3 N–H and O–H groups in total. The summed E-state index contributed by atoms with van der Waals surface area (Å²) < 4.78 is 0. The Labute approximate surface area is 183 Å². The molecule has 9 nitrogen and oxygen atoms in total. The Bertz CT molecular complexity index is 793. The van der Waals surface area contributed by atoms with Crippen molar-refractivity contribution in [1.82, 2.24) is 25.5 Å². The number of hydrogen-bond acceptors (Lipinski definition) is 5. The first-order valence-electron chi connectivity index (χ1n) is 11.2. The highest BCUT2D eigenvalue weighted by molar-refractivity contribution is 6.02. The second kappa shape index (κ2) is 10.1. The van der Waals surface area contributed by atoms with E-state index in [1.807, 2.05) is 4.90 Å². The van der Waals surface area contributed by atoms with Crippen LogP contribution in [-0.2, 0) is 4.79 Å². The summed E-state index contributed by atoms with van der Waals surface area (Å²) in [6.45, 7) is 6.55. The third-order valence-electron chi connectivity index (χ3n) is 5.88. The maximum absolute atomic E-state index is 12.8. The van der Waals surface area contributed by atoms with Gasteiger partial charge >= 0.3 is 6.03 Å². The van der Waals surface area contributed by atoms with Gasteiger partial charge in [-0.15, -0.1) is 0 Å². The Hall–Kier alpha value is -2.71. The monoisotopic (exact) mass is 430 g/mol. The fourth-order valence-electron chi connectivity index (χ4n) is 3.88. The summed E-state index contributed by atoms with van der Waals surface area (Å²) in [5.74, 6) is -0.453. The number of likely N-dealkylation sites (tertiary alicyclic amines) is 1. The van der Waals surface area contributed by atoms with Crippen LogP contribution in [0.25, 0.3) is 0 Å². The number of carbonyl (C=O) groups excluding carboxylic acids is 3. The van der Waals surface area contributed by atoms with Crippen molar-refractivity contribution < 1.29 is 14.4 Å². The van der Waals surface area contributed by atoms with E-state index in [0.717, 1.165) is 12.8 Å². The van der Waals surface area contributed by atoms with E-state index in [0.29, 0.717) is 25.9 Å². The Kier molecular flexibility index (Phi) is 7.46. The van der Waals surface area contributed by atoms with Crippen molar-refractivity contribution in [3.8, 4) is 0 Å². The summed E-state index contributed by atoms with van der Waals surface area (Å²) in [4.78, 5) is 47.7. The van der Waals surface area contributed by atoms with Crippen molar-refractivity contribution in [3.05, 3.63) is 18.1 Å². The summed E-state index contributed by atoms with van der Waals surface area (Å²) in [7, 11) is 0. The maximum atomic E-state index is 12.8. The molecule has 1 aliphatic carbocycles. The summed E-state index contributed by atoms with van der Waals surface area (Å²) in [6.07, 6.45) is 9.96. The molecule has 1 aromatic rings. The molecule has 0 radical (unpaired) electrons. The van der Waals surface area contributed by atoms with Crippen LogP contribution in [0, 0.1) is 5.41 Å². The van der Waals surface area contributed by atoms with Crippen LogP contribution >= 0.6 is 0 Å². The fourth-order valence-corrected chi connectivity index (χ4v) is 3.88. The molecule has 4 amide bonds. The smallest absolute Gasteiger partial charge is 0.317 e. The predicted octanol–water partition coefficient (Wildman–Crippen LogP) is 2.70. The molecule has 170 valence electrons. The molecule has 0 unspecified atom stereocenters. The normalized spacial score (nSPS) is 18.4. The SMILES string of the molecule is CC(C)(C)C(=O)Nc1nccnc1C(=O)NC1CCN(C(=O)NC2CCCCC2)CC1. The molecule has 9 heteroatoms. The van der Waals surface area contributed by atoms with Crippen LogP contribution in [0.4, 0.5) is 10.6 Å². The van der Waals surface area contributed by atoms with Gasteiger partial charge in [-0.2, -0.15) is 0 Å². The second-order valence-electron chi connectivity index (χ2n) is 9.48. The number of urea groups is 1. The quantitative estimate of drug-likeness (QED) is 0.679. The minimum absolute atomic E-state index is 0.00205. The molecule has 0 aromatic carbocycles. The highest BCUT2D eigenvalue weighted by atomic mass is 16.2. The molecule has 1 aliphatic heterocycles. The molecule has 1 saturated carbocycles. The zero-order valence-electron chi connectivity index (χ0n) is 18.7. The first-order chi connectivity index (χ1) is 14.7. The molecule has 1 aromatic heterocycles. The number of aromatic nitrogens is 2. The average molecular weight is 431 g/mol. The van der Waals surface area contributed by atoms with Gasteiger partial charge in [0.25, 0.3) is 5.91 Å². The third kappa shape index (κ3) is 6.38. The topological polar surface area (TPSA) is 116 Å². The van der Waals surface area contributed by atoms with Gasteiger partial charge in [0, 0.05) is 43.0 Å². The number of hydrogen-bond donors (Lipinski definition) is 3. The van der Waals surface area contributed by atoms with Gasteiger partial charge in [-0.1, -0.05) is 40.0 Å². The number of nitrogens with zero attached hydrogens (tertiary/aromatic N) is 3. The largest absolute Gasteiger partial charge is 0.348 e. The van der Waals surface area contributed by atoms with Gasteiger partial charge in [-0.25, -0.2) is 14.8 Å². The maximum Gasteiger partial charge on any atom is 0.317 e. The minimum Gasteiger partial charge on any atom is -0.348 e. The lowest BCUT2D eigenvalue weighted by atomic mass is 9.95. The number of carbonyl (C=O) groups is 3. The lowest BCUT2D eigenvalue weighted by molar-refractivity contribution is -0.123. The molecule has 1 saturated heterocycles. The number of anilines is 1. The fraction of sp³-hybridized carbons (Fsp3) is 0.682. The van der Waals surface area contributed by atoms with Crippen LogP contribution < -0.4 is 16.0 Å². The lowest BCUT2D eigenvalue weighted by Gasteiger charge is -2.34. The van der Waals surface area contributed by atoms with E-state index >= 15 is 0 Å². The Balaban J connectivity index is 1.51. The van der Waals surface area contributed by atoms with Crippen molar-refractivity contribution in [1.29, 1.82) is 0 Å². The average Bonchev–Trinajstić information content (AvgIpc) is 2.74. The summed E-state index contributed by atoms with van der Waals surface area (Å²) in [6, 6.07) is 0.231. The van der Waals surface area contributed by atoms with Crippen LogP contribution in [0.5, 0.6) is 0 Å². The van der Waals surface area contributed by atoms with Crippen LogP contribution in [0.15, 0.2) is 12.4 Å². The molecule has 0 atom stereocenters. The highest BCUT2D eigenvalue weighted by Crippen LogP contribution is 2.20. The number of amides is 4. The molecule has 0 bridgehead atoms. The molecular formula is C22H34N6O3. The zero-order valence-corrected chi connectivity index (χ0v) is 18.7. The van der Waals surface area contributed by atoms with Gasteiger partial charge in [0.15, 0.2) is 11.5 Å². The van der Waals surface area contributed by atoms with Crippen LogP contribution in [0.1, 0.15) is 76.2 Å². The van der Waals surface area contributed by atoms with E-state index < -0.39 is 5.41 Å². The van der Waals surface area contributed by atoms with Gasteiger partial charge in [0.2, 0.25) is 5.91 Å². The highest BCUT2D eigenvalue weighted by Gasteiger charge is 2.28. The molecular weight excluding hydrogens is 396 g/mol. The lowest BCUT2D eigenvalue weighted by Crippen LogP contribution is -2.51. The molecule has 2 fully saturated rings. The van der Waals surface area contributed by atoms with Crippen molar-refractivity contribution in [2.24, 2.45) is 5.41 Å². The van der Waals surface area contributed by atoms with E-state index in [4.69, 9.17) is 0 Å². The van der Waals surface area contributed by atoms with E-state index in [1.54, 1.807) is 20.8 Å². The summed E-state index contributed by atoms with van der Waals surface area (Å²) in [5, 5.41) is 8.82. The van der Waals surface area contributed by atoms with Gasteiger partial charge in [0.1, 0.15) is 0 Å². The van der Waals surface area contributed by atoms with E-state index in [2.05, 4.69) is 25.9 Å². The van der Waals surface area contributed by atoms with Gasteiger partial charge in [-0.3, -0.25) is 9.59 Å². The van der Waals surface area contributed by atoms with E-state index in [-0.39, 0.29) is 41.4 Å². The minimum atomic E-state index is -0.615. The van der Waals surface area contributed by atoms with Crippen molar-refractivity contribution in [2.75, 3.05) is 18.4 Å². The Morgan fingerprint density at radius 2 is 1.52 bits per heavy atom. The van der Waals surface area contributed by atoms with Crippen LogP contribution in [0.3, 0.4) is 0 Å². The van der Waals surface area contributed by atoms with Gasteiger partial charge in [-0.05, 0) is 25.7 Å². The van der Waals surface area contributed by atoms with Crippen molar-refractivity contribution in [3.63, 3.8) is 0 Å². The third-order valence-corrected chi connectivity index (χ3v) is 5.88. The van der Waals surface area contributed by atoms with Crippen molar-refractivity contribution in [2.45, 2.75) is 77.8 Å². The number of piperidine rings is 1. The van der Waals surface area contributed by atoms with Gasteiger partial charge < -0.3 is 20.9 Å². The second-order valence-corrected chi connectivity index (χ2v) is 9.48. The Morgan fingerprint density at radius 3 is 2.16 bits per heavy atom. The molecule has 31 heavy (non-hydrogen) atoms. The summed E-state index contributed by atoms with van der Waals surface area (Å²) >= 11 is 0. The predicted molar refractivity (Wildman–Crippen MR) is 118 cm³/mol. The van der Waals surface area contributed by atoms with Crippen LogP contribution in [-0.4, -0.2) is 57.9 Å². The van der Waals surface area contributed by atoms with Gasteiger partial charge in [0.05, 0.1) is 0 Å². The standard InChI is InChI=1S/C22H34N6O3/c1-22(2,3)20(30)27-18-17(23-11-12-24-18)19(29)25-16-9-13-28(14-10-16)21(31)26-15-7-5-4-6-8-15/h11-12,15-16H,4-10,13-14H2,1-3H3,(H,25,29)(H,26,31)(H,24,27,30).